The lowest BCUT2D eigenvalue weighted by atomic mass is 10.2. The summed E-state index contributed by atoms with van der Waals surface area (Å²) in [6.45, 7) is 0.861. The molecule has 0 spiro atoms. The first-order valence-electron chi connectivity index (χ1n) is 6.77. The Morgan fingerprint density at radius 2 is 2.15 bits per heavy atom. The molecule has 0 saturated heterocycles. The lowest BCUT2D eigenvalue weighted by Crippen LogP contribution is -2.30. The van der Waals surface area contributed by atoms with Gasteiger partial charge in [0, 0.05) is 12.3 Å². The van der Waals surface area contributed by atoms with E-state index in [2.05, 4.69) is 62.1 Å². The minimum absolute atomic E-state index is 0.861. The third kappa shape index (κ3) is 1.04. The van der Waals surface area contributed by atoms with Gasteiger partial charge in [0.05, 0.1) is 24.5 Å². The number of imidazole rings is 1. The Labute approximate surface area is 115 Å². The second-order valence-electron chi connectivity index (χ2n) is 5.32. The fourth-order valence-electron chi connectivity index (χ4n) is 3.43. The molecule has 5 heterocycles. The van der Waals surface area contributed by atoms with E-state index in [1.54, 1.807) is 0 Å². The maximum absolute atomic E-state index is 4.51. The number of aromatic nitrogens is 4. The molecule has 5 rings (SSSR count). The molecule has 4 aromatic heterocycles. The summed E-state index contributed by atoms with van der Waals surface area (Å²) >= 11 is 0. The van der Waals surface area contributed by atoms with Gasteiger partial charge in [-0.15, -0.1) is 0 Å². The maximum atomic E-state index is 4.51. The number of rotatable bonds is 0. The predicted octanol–water partition coefficient (Wildman–Crippen LogP) is 2.14. The van der Waals surface area contributed by atoms with Crippen molar-refractivity contribution in [3.8, 4) is 11.4 Å². The zero-order valence-electron chi connectivity index (χ0n) is 11.1. The molecular formula is C16H13N4+. The molecule has 0 aliphatic carbocycles. The summed E-state index contributed by atoms with van der Waals surface area (Å²) in [6, 6.07) is 12.7. The van der Waals surface area contributed by atoms with Gasteiger partial charge in [0.15, 0.2) is 5.52 Å². The van der Waals surface area contributed by atoms with Crippen LogP contribution in [0.3, 0.4) is 0 Å². The predicted molar refractivity (Wildman–Crippen MR) is 76.4 cm³/mol. The first kappa shape index (κ1) is 10.2. The van der Waals surface area contributed by atoms with Crippen LogP contribution in [-0.4, -0.2) is 14.0 Å². The Morgan fingerprint density at radius 1 is 1.20 bits per heavy atom. The van der Waals surface area contributed by atoms with Crippen molar-refractivity contribution in [2.45, 2.75) is 6.54 Å². The standard InChI is InChI=1S/C16H13N4/c1-18-15-12-6-4-7-17-13(12)10-20(15)14-9-11-5-2-3-8-19(11)16(14)18/h2-9H,10H2,1H3/q+1. The van der Waals surface area contributed by atoms with Crippen LogP contribution >= 0.6 is 0 Å². The highest BCUT2D eigenvalue weighted by Gasteiger charge is 2.32. The normalized spacial score (nSPS) is 13.1. The summed E-state index contributed by atoms with van der Waals surface area (Å²) in [5, 5.41) is 0. The van der Waals surface area contributed by atoms with Crippen LogP contribution in [0.25, 0.3) is 28.1 Å². The highest BCUT2D eigenvalue weighted by Crippen LogP contribution is 2.32. The molecule has 0 saturated carbocycles. The highest BCUT2D eigenvalue weighted by molar-refractivity contribution is 5.83. The molecule has 0 atom stereocenters. The van der Waals surface area contributed by atoms with E-state index in [0.29, 0.717) is 0 Å². The van der Waals surface area contributed by atoms with Gasteiger partial charge in [-0.05, 0) is 24.3 Å². The van der Waals surface area contributed by atoms with Gasteiger partial charge in [0.2, 0.25) is 5.82 Å². The van der Waals surface area contributed by atoms with Gasteiger partial charge in [0.25, 0.3) is 5.65 Å². The van der Waals surface area contributed by atoms with Crippen LogP contribution in [-0.2, 0) is 13.6 Å². The first-order chi connectivity index (χ1) is 9.84. The van der Waals surface area contributed by atoms with Crippen molar-refractivity contribution in [1.29, 1.82) is 0 Å². The largest absolute Gasteiger partial charge is 0.273 e. The van der Waals surface area contributed by atoms with E-state index >= 15 is 0 Å². The number of hydrogen-bond acceptors (Lipinski definition) is 1. The number of nitrogens with zero attached hydrogens (tertiary/aromatic N) is 4. The van der Waals surface area contributed by atoms with E-state index < -0.39 is 0 Å². The monoisotopic (exact) mass is 261 g/mol. The van der Waals surface area contributed by atoms with Crippen molar-refractivity contribution < 1.29 is 4.57 Å². The van der Waals surface area contributed by atoms with Gasteiger partial charge in [-0.25, -0.2) is 13.5 Å². The fraction of sp³-hybridized carbons (Fsp3) is 0.125. The Bertz CT molecular complexity index is 990. The molecule has 20 heavy (non-hydrogen) atoms. The molecule has 1 aliphatic rings. The topological polar surface area (TPSA) is 26.1 Å². The molecule has 0 aromatic carbocycles. The number of aryl methyl sites for hydroxylation is 1. The van der Waals surface area contributed by atoms with E-state index in [4.69, 9.17) is 0 Å². The van der Waals surface area contributed by atoms with Gasteiger partial charge in [0.1, 0.15) is 12.1 Å². The van der Waals surface area contributed by atoms with Gasteiger partial charge in [-0.3, -0.25) is 4.98 Å². The zero-order valence-corrected chi connectivity index (χ0v) is 11.1. The summed E-state index contributed by atoms with van der Waals surface area (Å²) < 4.78 is 6.88. The van der Waals surface area contributed by atoms with Crippen LogP contribution in [0.5, 0.6) is 0 Å². The zero-order chi connectivity index (χ0) is 13.3. The number of hydrogen-bond donors (Lipinski definition) is 0. The first-order valence-corrected chi connectivity index (χ1v) is 6.77. The molecule has 4 nitrogen and oxygen atoms in total. The molecule has 0 radical (unpaired) electrons. The summed E-state index contributed by atoms with van der Waals surface area (Å²) in [6.07, 6.45) is 4.00. The smallest absolute Gasteiger partial charge is 0.257 e. The molecule has 0 unspecified atom stereocenters. The minimum atomic E-state index is 0.861. The quantitative estimate of drug-likeness (QED) is 0.392. The third-order valence-electron chi connectivity index (χ3n) is 4.25. The van der Waals surface area contributed by atoms with Gasteiger partial charge >= 0.3 is 0 Å². The van der Waals surface area contributed by atoms with E-state index in [1.165, 1.54) is 28.1 Å². The van der Waals surface area contributed by atoms with Crippen molar-refractivity contribution >= 4 is 16.7 Å². The lowest BCUT2D eigenvalue weighted by molar-refractivity contribution is -0.636. The van der Waals surface area contributed by atoms with Gasteiger partial charge in [-0.2, -0.15) is 0 Å². The van der Waals surface area contributed by atoms with Crippen LogP contribution in [0.2, 0.25) is 0 Å². The molecule has 0 N–H and O–H groups in total. The minimum Gasteiger partial charge on any atom is -0.257 e. The molecule has 4 heteroatoms. The van der Waals surface area contributed by atoms with Crippen molar-refractivity contribution in [2.75, 3.05) is 0 Å². The molecule has 96 valence electrons. The highest BCUT2D eigenvalue weighted by atomic mass is 15.2. The average molecular weight is 261 g/mol. The van der Waals surface area contributed by atoms with Crippen LogP contribution in [0.1, 0.15) is 5.69 Å². The summed E-state index contributed by atoms with van der Waals surface area (Å²) in [7, 11) is 2.13. The maximum Gasteiger partial charge on any atom is 0.273 e. The summed E-state index contributed by atoms with van der Waals surface area (Å²) in [4.78, 5) is 4.51. The lowest BCUT2D eigenvalue weighted by Gasteiger charge is -1.97. The van der Waals surface area contributed by atoms with Gasteiger partial charge < -0.3 is 0 Å². The number of pyridine rings is 2. The molecule has 1 aliphatic heterocycles. The van der Waals surface area contributed by atoms with Crippen LogP contribution in [0, 0.1) is 0 Å². The second kappa shape index (κ2) is 3.28. The van der Waals surface area contributed by atoms with E-state index in [9.17, 15) is 0 Å². The molecule has 4 aromatic rings. The Kier molecular flexibility index (Phi) is 1.67. The van der Waals surface area contributed by atoms with Crippen LogP contribution in [0.15, 0.2) is 48.8 Å². The Balaban J connectivity index is 1.98. The van der Waals surface area contributed by atoms with Gasteiger partial charge in [-0.1, -0.05) is 6.07 Å². The van der Waals surface area contributed by atoms with Crippen LogP contribution < -0.4 is 4.57 Å². The SMILES string of the molecule is C[n+]1c2n(c3cc4ccccn4c31)Cc1ncccc1-2. The molecule has 0 amide bonds. The fourth-order valence-corrected chi connectivity index (χ4v) is 3.43. The molecular weight excluding hydrogens is 248 g/mol. The van der Waals surface area contributed by atoms with Crippen LogP contribution in [0.4, 0.5) is 0 Å². The Morgan fingerprint density at radius 3 is 3.10 bits per heavy atom. The third-order valence-corrected chi connectivity index (χ3v) is 4.25. The number of fused-ring (bicyclic) bond motifs is 7. The second-order valence-corrected chi connectivity index (χ2v) is 5.32. The van der Waals surface area contributed by atoms with E-state index in [0.717, 1.165) is 12.2 Å². The van der Waals surface area contributed by atoms with Crippen molar-refractivity contribution in [2.24, 2.45) is 7.05 Å². The summed E-state index contributed by atoms with van der Waals surface area (Å²) in [5.74, 6) is 1.25. The average Bonchev–Trinajstić information content (AvgIpc) is 3.10. The summed E-state index contributed by atoms with van der Waals surface area (Å²) in [5.41, 5.74) is 6.15. The molecule has 0 bridgehead atoms. The van der Waals surface area contributed by atoms with E-state index in [-0.39, 0.29) is 0 Å². The van der Waals surface area contributed by atoms with Crippen molar-refractivity contribution in [3.63, 3.8) is 0 Å². The Hall–Kier alpha value is -2.62. The van der Waals surface area contributed by atoms with E-state index in [1.807, 2.05) is 12.3 Å². The van der Waals surface area contributed by atoms with Crippen molar-refractivity contribution in [3.05, 3.63) is 54.5 Å². The van der Waals surface area contributed by atoms with Crippen molar-refractivity contribution in [1.82, 2.24) is 14.0 Å². The molecule has 0 fully saturated rings.